The van der Waals surface area contributed by atoms with E-state index in [0.717, 1.165) is 5.75 Å². The predicted molar refractivity (Wildman–Crippen MR) is 37.8 cm³/mol. The molecular formula is C4H5NOS2. The van der Waals surface area contributed by atoms with Crippen molar-refractivity contribution in [3.63, 3.8) is 0 Å². The van der Waals surface area contributed by atoms with Crippen molar-refractivity contribution in [2.24, 2.45) is 0 Å². The van der Waals surface area contributed by atoms with Crippen molar-refractivity contribution in [1.29, 1.82) is 0 Å². The number of amides is 1. The molecule has 0 radical (unpaired) electrons. The summed E-state index contributed by atoms with van der Waals surface area (Å²) in [5.74, 6) is 0.888. The summed E-state index contributed by atoms with van der Waals surface area (Å²) in [6.45, 7) is 0. The molecule has 1 fully saturated rings. The van der Waals surface area contributed by atoms with Gasteiger partial charge < -0.3 is 5.32 Å². The molecule has 2 nitrogen and oxygen atoms in total. The Morgan fingerprint density at radius 3 is 2.88 bits per heavy atom. The third kappa shape index (κ3) is 1.45. The molecule has 0 atom stereocenters. The predicted octanol–water partition coefficient (Wildman–Crippen LogP) is 0.524. The summed E-state index contributed by atoms with van der Waals surface area (Å²) in [4.78, 5) is 10.5. The maximum atomic E-state index is 10.5. The standard InChI is InChI=1S/C4H5NOS2/c6-3-1-2-8-4(7)5-3/h1-2H2,(H,5,6,7). The van der Waals surface area contributed by atoms with Gasteiger partial charge in [0.05, 0.1) is 0 Å². The number of hydrogen-bond acceptors (Lipinski definition) is 3. The van der Waals surface area contributed by atoms with Crippen LogP contribution in [0.4, 0.5) is 0 Å². The molecule has 1 saturated heterocycles. The Bertz CT molecular complexity index is 120. The van der Waals surface area contributed by atoms with Gasteiger partial charge in [-0.1, -0.05) is 24.0 Å². The molecule has 0 saturated carbocycles. The molecule has 4 heteroatoms. The Hall–Kier alpha value is -0.0900. The average molecular weight is 147 g/mol. The fraction of sp³-hybridized carbons (Fsp3) is 0.500. The lowest BCUT2D eigenvalue weighted by Gasteiger charge is -2.10. The van der Waals surface area contributed by atoms with Crippen molar-refractivity contribution in [3.05, 3.63) is 0 Å². The van der Waals surface area contributed by atoms with E-state index >= 15 is 0 Å². The van der Waals surface area contributed by atoms with E-state index in [-0.39, 0.29) is 5.91 Å². The smallest absolute Gasteiger partial charge is 0.226 e. The molecule has 44 valence electrons. The second kappa shape index (κ2) is 2.46. The Kier molecular flexibility index (Phi) is 1.85. The number of carbonyl (C=O) groups is 1. The second-order valence-corrected chi connectivity index (χ2v) is 3.21. The van der Waals surface area contributed by atoms with E-state index in [2.05, 4.69) is 5.32 Å². The summed E-state index contributed by atoms with van der Waals surface area (Å²) in [7, 11) is 0. The fourth-order valence-corrected chi connectivity index (χ4v) is 1.47. The van der Waals surface area contributed by atoms with E-state index in [0.29, 0.717) is 10.7 Å². The third-order valence-corrected chi connectivity index (χ3v) is 2.03. The van der Waals surface area contributed by atoms with E-state index in [1.807, 2.05) is 0 Å². The first-order chi connectivity index (χ1) is 3.79. The molecule has 0 spiro atoms. The molecule has 1 N–H and O–H groups in total. The zero-order chi connectivity index (χ0) is 5.98. The van der Waals surface area contributed by atoms with Gasteiger partial charge in [0.2, 0.25) is 5.91 Å². The van der Waals surface area contributed by atoms with E-state index < -0.39 is 0 Å². The first kappa shape index (κ1) is 6.04. The molecule has 8 heavy (non-hydrogen) atoms. The van der Waals surface area contributed by atoms with Crippen LogP contribution in [0.1, 0.15) is 6.42 Å². The minimum atomic E-state index is 0.0498. The van der Waals surface area contributed by atoms with Gasteiger partial charge in [0.1, 0.15) is 4.32 Å². The average Bonchev–Trinajstić information content (AvgIpc) is 1.64. The number of nitrogens with one attached hydrogen (secondary N) is 1. The molecule has 1 amide bonds. The van der Waals surface area contributed by atoms with Crippen molar-refractivity contribution < 1.29 is 4.79 Å². The van der Waals surface area contributed by atoms with Gasteiger partial charge in [0.15, 0.2) is 0 Å². The third-order valence-electron chi connectivity index (χ3n) is 0.804. The number of hydrogen-bond donors (Lipinski definition) is 1. The van der Waals surface area contributed by atoms with Crippen LogP contribution in [-0.4, -0.2) is 16.0 Å². The van der Waals surface area contributed by atoms with Crippen LogP contribution in [0.5, 0.6) is 0 Å². The van der Waals surface area contributed by atoms with Crippen molar-refractivity contribution in [2.45, 2.75) is 6.42 Å². The van der Waals surface area contributed by atoms with Crippen LogP contribution in [-0.2, 0) is 4.79 Å². The zero-order valence-corrected chi connectivity index (χ0v) is 5.77. The molecule has 0 unspecified atom stereocenters. The summed E-state index contributed by atoms with van der Waals surface area (Å²) < 4.78 is 0.612. The summed E-state index contributed by atoms with van der Waals surface area (Å²) >= 11 is 6.24. The van der Waals surface area contributed by atoms with E-state index in [4.69, 9.17) is 12.2 Å². The molecule has 1 rings (SSSR count). The summed E-state index contributed by atoms with van der Waals surface area (Å²) in [5.41, 5.74) is 0. The SMILES string of the molecule is O=C1CCSC(=S)N1. The maximum absolute atomic E-state index is 10.5. The largest absolute Gasteiger partial charge is 0.312 e. The quantitative estimate of drug-likeness (QED) is 0.507. The Morgan fingerprint density at radius 2 is 2.50 bits per heavy atom. The van der Waals surface area contributed by atoms with Gasteiger partial charge in [0.25, 0.3) is 0 Å². The van der Waals surface area contributed by atoms with Crippen molar-refractivity contribution in [2.75, 3.05) is 5.75 Å². The van der Waals surface area contributed by atoms with Crippen LogP contribution in [0.3, 0.4) is 0 Å². The Balaban J connectivity index is 2.45. The van der Waals surface area contributed by atoms with E-state index in [1.165, 1.54) is 11.8 Å². The summed E-state index contributed by atoms with van der Waals surface area (Å²) in [6.07, 6.45) is 0.602. The van der Waals surface area contributed by atoms with Gasteiger partial charge in [-0.15, -0.1) is 0 Å². The molecule has 0 bridgehead atoms. The Labute approximate surface area is 57.0 Å². The monoisotopic (exact) mass is 147 g/mol. The number of rotatable bonds is 0. The van der Waals surface area contributed by atoms with Crippen molar-refractivity contribution in [3.8, 4) is 0 Å². The van der Waals surface area contributed by atoms with Crippen LogP contribution in [0, 0.1) is 0 Å². The normalized spacial score (nSPS) is 20.5. The molecule has 0 aromatic heterocycles. The first-order valence-electron chi connectivity index (χ1n) is 2.25. The molecule has 1 aliphatic rings. The highest BCUT2D eigenvalue weighted by molar-refractivity contribution is 8.23. The van der Waals surface area contributed by atoms with Crippen LogP contribution in [0.2, 0.25) is 0 Å². The highest BCUT2D eigenvalue weighted by Crippen LogP contribution is 2.08. The number of thioether (sulfide) groups is 1. The maximum Gasteiger partial charge on any atom is 0.226 e. The minimum Gasteiger partial charge on any atom is -0.312 e. The van der Waals surface area contributed by atoms with E-state index in [9.17, 15) is 4.79 Å². The summed E-state index contributed by atoms with van der Waals surface area (Å²) in [6, 6.07) is 0. The molecule has 1 heterocycles. The molecular weight excluding hydrogens is 142 g/mol. The van der Waals surface area contributed by atoms with Crippen LogP contribution < -0.4 is 5.32 Å². The van der Waals surface area contributed by atoms with Gasteiger partial charge in [-0.2, -0.15) is 0 Å². The fourth-order valence-electron chi connectivity index (χ4n) is 0.449. The van der Waals surface area contributed by atoms with Gasteiger partial charge in [-0.25, -0.2) is 0 Å². The molecule has 1 aliphatic heterocycles. The molecule has 0 aromatic rings. The highest BCUT2D eigenvalue weighted by atomic mass is 32.2. The zero-order valence-electron chi connectivity index (χ0n) is 4.14. The number of carbonyl (C=O) groups excluding carboxylic acids is 1. The van der Waals surface area contributed by atoms with Gasteiger partial charge in [0, 0.05) is 12.2 Å². The van der Waals surface area contributed by atoms with Gasteiger partial charge in [-0.05, 0) is 0 Å². The lowest BCUT2D eigenvalue weighted by Crippen LogP contribution is -2.31. The van der Waals surface area contributed by atoms with Gasteiger partial charge in [-0.3, -0.25) is 4.79 Å². The van der Waals surface area contributed by atoms with Crippen LogP contribution >= 0.6 is 24.0 Å². The van der Waals surface area contributed by atoms with Crippen LogP contribution in [0.15, 0.2) is 0 Å². The first-order valence-corrected chi connectivity index (χ1v) is 3.65. The summed E-state index contributed by atoms with van der Waals surface area (Å²) in [5, 5.41) is 2.53. The molecule has 0 aromatic carbocycles. The minimum absolute atomic E-state index is 0.0498. The number of thiocarbonyl (C=S) groups is 1. The lowest BCUT2D eigenvalue weighted by molar-refractivity contribution is -0.119. The highest BCUT2D eigenvalue weighted by Gasteiger charge is 2.10. The van der Waals surface area contributed by atoms with Crippen LogP contribution in [0.25, 0.3) is 0 Å². The van der Waals surface area contributed by atoms with Crippen molar-refractivity contribution >= 4 is 34.2 Å². The lowest BCUT2D eigenvalue weighted by atomic mass is 10.4. The Morgan fingerprint density at radius 1 is 1.75 bits per heavy atom. The second-order valence-electron chi connectivity index (χ2n) is 1.43. The van der Waals surface area contributed by atoms with Crippen molar-refractivity contribution in [1.82, 2.24) is 5.32 Å². The molecule has 0 aliphatic carbocycles. The topological polar surface area (TPSA) is 29.1 Å². The van der Waals surface area contributed by atoms with Gasteiger partial charge >= 0.3 is 0 Å². The van der Waals surface area contributed by atoms with E-state index in [1.54, 1.807) is 0 Å².